The smallest absolute Gasteiger partial charge is 0.275 e. The first-order valence-corrected chi connectivity index (χ1v) is 9.05. The van der Waals surface area contributed by atoms with E-state index >= 15 is 0 Å². The van der Waals surface area contributed by atoms with E-state index in [-0.39, 0.29) is 22.8 Å². The van der Waals surface area contributed by atoms with Crippen molar-refractivity contribution in [3.63, 3.8) is 0 Å². The maximum atomic E-state index is 13.3. The van der Waals surface area contributed by atoms with Crippen molar-refractivity contribution in [1.29, 1.82) is 0 Å². The van der Waals surface area contributed by atoms with E-state index in [0.717, 1.165) is 23.6 Å². The molecule has 0 spiro atoms. The number of hydrogen-bond acceptors (Lipinski definition) is 4. The summed E-state index contributed by atoms with van der Waals surface area (Å²) in [5, 5.41) is 6.22. The third-order valence-electron chi connectivity index (χ3n) is 4.50. The molecule has 1 aliphatic heterocycles. The number of halogens is 6. The second-order valence-electron chi connectivity index (χ2n) is 6.58. The summed E-state index contributed by atoms with van der Waals surface area (Å²) in [6.45, 7) is 0.732. The van der Waals surface area contributed by atoms with Crippen molar-refractivity contribution >= 4 is 17.5 Å². The molecule has 0 radical (unpaired) electrons. The molecule has 0 N–H and O–H groups in total. The SMILES string of the molecule is Cn1cc(C(=O)N(Cc2ncc(C(F)(F)F)cc2Cl)N2CCCC2)c(C(F)F)n1. The molecule has 0 atom stereocenters. The van der Waals surface area contributed by atoms with E-state index in [9.17, 15) is 26.7 Å². The van der Waals surface area contributed by atoms with Crippen molar-refractivity contribution in [1.82, 2.24) is 24.8 Å². The summed E-state index contributed by atoms with van der Waals surface area (Å²) in [7, 11) is 1.41. The van der Waals surface area contributed by atoms with Crippen molar-refractivity contribution in [2.24, 2.45) is 7.05 Å². The van der Waals surface area contributed by atoms with Crippen LogP contribution in [0.3, 0.4) is 0 Å². The third-order valence-corrected chi connectivity index (χ3v) is 4.82. The quantitative estimate of drug-likeness (QED) is 0.661. The van der Waals surface area contributed by atoms with Gasteiger partial charge in [0.15, 0.2) is 0 Å². The van der Waals surface area contributed by atoms with E-state index in [4.69, 9.17) is 11.6 Å². The van der Waals surface area contributed by atoms with Gasteiger partial charge in [0, 0.05) is 32.5 Å². The first kappa shape index (κ1) is 21.4. The Morgan fingerprint density at radius 1 is 1.31 bits per heavy atom. The molecular formula is C17H17ClF5N5O. The molecule has 1 aliphatic rings. The zero-order valence-electron chi connectivity index (χ0n) is 15.3. The van der Waals surface area contributed by atoms with E-state index in [1.54, 1.807) is 5.01 Å². The molecule has 2 aromatic heterocycles. The maximum absolute atomic E-state index is 13.3. The van der Waals surface area contributed by atoms with Crippen molar-refractivity contribution < 1.29 is 26.7 Å². The highest BCUT2D eigenvalue weighted by molar-refractivity contribution is 6.31. The molecule has 1 fully saturated rings. The van der Waals surface area contributed by atoms with E-state index in [1.807, 2.05) is 0 Å². The number of carbonyl (C=O) groups excluding carboxylic acids is 1. The van der Waals surface area contributed by atoms with Crippen LogP contribution < -0.4 is 0 Å². The Kier molecular flexibility index (Phi) is 6.08. The summed E-state index contributed by atoms with van der Waals surface area (Å²) < 4.78 is 66.2. The Bertz CT molecular complexity index is 895. The largest absolute Gasteiger partial charge is 0.417 e. The van der Waals surface area contributed by atoms with Crippen molar-refractivity contribution in [2.75, 3.05) is 13.1 Å². The van der Waals surface area contributed by atoms with Crippen molar-refractivity contribution in [2.45, 2.75) is 32.0 Å². The highest BCUT2D eigenvalue weighted by atomic mass is 35.5. The summed E-state index contributed by atoms with van der Waals surface area (Å²) in [4.78, 5) is 16.8. The maximum Gasteiger partial charge on any atom is 0.417 e. The molecule has 0 aliphatic carbocycles. The minimum Gasteiger partial charge on any atom is -0.275 e. The van der Waals surface area contributed by atoms with Gasteiger partial charge in [-0.2, -0.15) is 18.3 Å². The fourth-order valence-corrected chi connectivity index (χ4v) is 3.32. The van der Waals surface area contributed by atoms with E-state index in [0.29, 0.717) is 19.3 Å². The number of nitrogens with zero attached hydrogens (tertiary/aromatic N) is 5. The van der Waals surface area contributed by atoms with Crippen LogP contribution in [0.2, 0.25) is 5.02 Å². The van der Waals surface area contributed by atoms with Gasteiger partial charge in [-0.3, -0.25) is 19.5 Å². The number of aromatic nitrogens is 3. The van der Waals surface area contributed by atoms with Gasteiger partial charge in [-0.05, 0) is 18.9 Å². The minimum absolute atomic E-state index is 0.0300. The topological polar surface area (TPSA) is 54.3 Å². The van der Waals surface area contributed by atoms with Crippen molar-refractivity contribution in [3.8, 4) is 0 Å². The van der Waals surface area contributed by atoms with Gasteiger partial charge in [0.2, 0.25) is 0 Å². The molecule has 0 bridgehead atoms. The van der Waals surface area contributed by atoms with Crippen LogP contribution in [0, 0.1) is 0 Å². The molecule has 3 heterocycles. The molecule has 12 heteroatoms. The van der Waals surface area contributed by atoms with Gasteiger partial charge >= 0.3 is 6.18 Å². The molecule has 3 rings (SSSR count). The molecule has 0 aromatic carbocycles. The van der Waals surface area contributed by atoms with Gasteiger partial charge in [0.05, 0.1) is 28.4 Å². The number of pyridine rings is 1. The van der Waals surface area contributed by atoms with Crippen LogP contribution in [-0.2, 0) is 19.8 Å². The summed E-state index contributed by atoms with van der Waals surface area (Å²) >= 11 is 5.97. The lowest BCUT2D eigenvalue weighted by Gasteiger charge is -2.31. The summed E-state index contributed by atoms with van der Waals surface area (Å²) in [6, 6.07) is 0.727. The van der Waals surface area contributed by atoms with Crippen LogP contribution in [0.15, 0.2) is 18.5 Å². The molecule has 6 nitrogen and oxygen atoms in total. The molecule has 2 aromatic rings. The second-order valence-corrected chi connectivity index (χ2v) is 6.98. The number of hydrogen-bond donors (Lipinski definition) is 0. The Morgan fingerprint density at radius 2 is 1.97 bits per heavy atom. The zero-order chi connectivity index (χ0) is 21.3. The second kappa shape index (κ2) is 8.23. The summed E-state index contributed by atoms with van der Waals surface area (Å²) in [6.07, 6.45) is -4.18. The minimum atomic E-state index is -4.61. The molecule has 29 heavy (non-hydrogen) atoms. The molecule has 1 amide bonds. The van der Waals surface area contributed by atoms with Gasteiger partial charge < -0.3 is 0 Å². The van der Waals surface area contributed by atoms with Gasteiger partial charge in [-0.1, -0.05) is 11.6 Å². The van der Waals surface area contributed by atoms with Crippen LogP contribution in [0.5, 0.6) is 0 Å². The molecular weight excluding hydrogens is 421 g/mol. The number of aryl methyl sites for hydroxylation is 1. The lowest BCUT2D eigenvalue weighted by Crippen LogP contribution is -2.44. The summed E-state index contributed by atoms with van der Waals surface area (Å²) in [5.41, 5.74) is -1.93. The molecule has 0 saturated carbocycles. The normalized spacial score (nSPS) is 15.3. The number of amides is 1. The standard InChI is InChI=1S/C17H17ClF5N5O/c1-26-8-11(14(25-26)15(19)20)16(29)28(27-4-2-3-5-27)9-13-12(18)6-10(7-24-13)17(21,22)23/h6-8,15H,2-5,9H2,1H3. The zero-order valence-corrected chi connectivity index (χ0v) is 16.0. The average Bonchev–Trinajstić information content (AvgIpc) is 3.29. The van der Waals surface area contributed by atoms with E-state index in [1.165, 1.54) is 18.3 Å². The molecule has 158 valence electrons. The number of rotatable bonds is 5. The lowest BCUT2D eigenvalue weighted by molar-refractivity contribution is -0.137. The monoisotopic (exact) mass is 437 g/mol. The third kappa shape index (κ3) is 4.67. The average molecular weight is 438 g/mol. The van der Waals surface area contributed by atoms with Crippen LogP contribution in [0.25, 0.3) is 0 Å². The van der Waals surface area contributed by atoms with Crippen molar-refractivity contribution in [3.05, 3.63) is 46.0 Å². The Labute approximate surface area is 167 Å². The van der Waals surface area contributed by atoms with Crippen LogP contribution in [-0.4, -0.2) is 43.8 Å². The number of carbonyl (C=O) groups is 1. The van der Waals surface area contributed by atoms with E-state index in [2.05, 4.69) is 10.1 Å². The molecule has 0 unspecified atom stereocenters. The van der Waals surface area contributed by atoms with Gasteiger partial charge in [-0.15, -0.1) is 0 Å². The van der Waals surface area contributed by atoms with Crippen LogP contribution in [0.1, 0.15) is 46.6 Å². The van der Waals surface area contributed by atoms with Crippen LogP contribution >= 0.6 is 11.6 Å². The van der Waals surface area contributed by atoms with Crippen LogP contribution in [0.4, 0.5) is 22.0 Å². The number of alkyl halides is 5. The van der Waals surface area contributed by atoms with Gasteiger partial charge in [-0.25, -0.2) is 13.8 Å². The highest BCUT2D eigenvalue weighted by Gasteiger charge is 2.34. The van der Waals surface area contributed by atoms with Gasteiger partial charge in [0.25, 0.3) is 12.3 Å². The predicted molar refractivity (Wildman–Crippen MR) is 93.1 cm³/mol. The summed E-state index contributed by atoms with van der Waals surface area (Å²) in [5.74, 6) is -0.743. The number of hydrazine groups is 1. The van der Waals surface area contributed by atoms with E-state index < -0.39 is 29.8 Å². The lowest BCUT2D eigenvalue weighted by atomic mass is 10.2. The predicted octanol–water partition coefficient (Wildman–Crippen LogP) is 4.08. The Balaban J connectivity index is 1.94. The first-order chi connectivity index (χ1) is 13.6. The van der Waals surface area contributed by atoms with Gasteiger partial charge in [0.1, 0.15) is 5.69 Å². The fourth-order valence-electron chi connectivity index (χ4n) is 3.09. The fraction of sp³-hybridized carbons (Fsp3) is 0.471. The first-order valence-electron chi connectivity index (χ1n) is 8.68. The Hall–Kier alpha value is -2.27. The highest BCUT2D eigenvalue weighted by Crippen LogP contribution is 2.32. The Morgan fingerprint density at radius 3 is 2.52 bits per heavy atom. The molecule has 1 saturated heterocycles.